The Labute approximate surface area is 143 Å². The molecule has 0 bridgehead atoms. The molecule has 3 aromatic rings. The van der Waals surface area contributed by atoms with Crippen LogP contribution in [-0.2, 0) is 10.2 Å². The predicted molar refractivity (Wildman–Crippen MR) is 90.5 cm³/mol. The molecule has 1 N–H and O–H groups in total. The van der Waals surface area contributed by atoms with Gasteiger partial charge in [0.05, 0.1) is 23.7 Å². The average molecular weight is 343 g/mol. The summed E-state index contributed by atoms with van der Waals surface area (Å²) in [5, 5.41) is 7.68. The van der Waals surface area contributed by atoms with E-state index in [1.165, 1.54) is 0 Å². The van der Waals surface area contributed by atoms with Crippen molar-refractivity contribution in [1.29, 1.82) is 0 Å². The lowest BCUT2D eigenvalue weighted by Gasteiger charge is -2.16. The second kappa shape index (κ2) is 5.49. The van der Waals surface area contributed by atoms with Gasteiger partial charge in [-0.05, 0) is 36.6 Å². The molecule has 1 saturated carbocycles. The number of amides is 1. The third-order valence-electron chi connectivity index (χ3n) is 4.42. The second-order valence-corrected chi connectivity index (χ2v) is 6.24. The number of nitrogens with one attached hydrogen (secondary N) is 1. The number of rotatable bonds is 4. The normalized spacial score (nSPS) is 15.2. The average Bonchev–Trinajstić information content (AvgIpc) is 3.32. The number of benzene rings is 1. The van der Waals surface area contributed by atoms with Crippen LogP contribution in [-0.4, -0.2) is 27.6 Å². The zero-order valence-corrected chi connectivity index (χ0v) is 13.7. The summed E-state index contributed by atoms with van der Waals surface area (Å²) in [6.45, 7) is 0. The largest absolute Gasteiger partial charge is 0.495 e. The van der Waals surface area contributed by atoms with Crippen LogP contribution in [0, 0.1) is 0 Å². The molecular weight excluding hydrogens is 328 g/mol. The fourth-order valence-corrected chi connectivity index (χ4v) is 3.08. The van der Waals surface area contributed by atoms with Gasteiger partial charge in [0.25, 0.3) is 0 Å². The van der Waals surface area contributed by atoms with Gasteiger partial charge in [0.15, 0.2) is 5.65 Å². The summed E-state index contributed by atoms with van der Waals surface area (Å²) in [4.78, 5) is 17.1. The Balaban J connectivity index is 1.64. The number of fused-ring (bicyclic) bond motifs is 1. The third-order valence-corrected chi connectivity index (χ3v) is 4.73. The van der Waals surface area contributed by atoms with Crippen molar-refractivity contribution in [2.24, 2.45) is 0 Å². The molecule has 4 rings (SSSR count). The number of carbonyl (C=O) groups is 1. The molecule has 6 nitrogen and oxygen atoms in total. The molecule has 122 valence electrons. The lowest BCUT2D eigenvalue weighted by atomic mass is 9.94. The van der Waals surface area contributed by atoms with Crippen LogP contribution in [0.1, 0.15) is 18.4 Å². The first-order valence-corrected chi connectivity index (χ1v) is 7.96. The van der Waals surface area contributed by atoms with E-state index in [4.69, 9.17) is 16.3 Å². The smallest absolute Gasteiger partial charge is 0.235 e. The molecule has 1 aliphatic rings. The van der Waals surface area contributed by atoms with Crippen molar-refractivity contribution in [3.8, 4) is 5.75 Å². The van der Waals surface area contributed by atoms with Gasteiger partial charge in [-0.3, -0.25) is 4.79 Å². The SMILES string of the molecule is COc1cc(C2(C(=O)Nc3cnn4cccnc34)CC2)ccc1Cl. The molecule has 0 saturated heterocycles. The number of methoxy groups -OCH3 is 1. The fourth-order valence-electron chi connectivity index (χ4n) is 2.89. The van der Waals surface area contributed by atoms with Crippen LogP contribution >= 0.6 is 11.6 Å². The number of nitrogens with zero attached hydrogens (tertiary/aromatic N) is 3. The molecule has 0 spiro atoms. The van der Waals surface area contributed by atoms with Crippen molar-refractivity contribution in [3.63, 3.8) is 0 Å². The van der Waals surface area contributed by atoms with E-state index < -0.39 is 5.41 Å². The van der Waals surface area contributed by atoms with E-state index in [0.29, 0.717) is 22.1 Å². The fraction of sp³-hybridized carbons (Fsp3) is 0.235. The summed E-state index contributed by atoms with van der Waals surface area (Å²) < 4.78 is 6.89. The molecule has 0 unspecified atom stereocenters. The van der Waals surface area contributed by atoms with Crippen molar-refractivity contribution in [3.05, 3.63) is 53.4 Å². The Kier molecular flexibility index (Phi) is 3.42. The molecule has 24 heavy (non-hydrogen) atoms. The van der Waals surface area contributed by atoms with E-state index in [1.807, 2.05) is 12.1 Å². The van der Waals surface area contributed by atoms with E-state index in [-0.39, 0.29) is 5.91 Å². The highest BCUT2D eigenvalue weighted by molar-refractivity contribution is 6.32. The molecule has 0 atom stereocenters. The quantitative estimate of drug-likeness (QED) is 0.791. The van der Waals surface area contributed by atoms with Crippen LogP contribution < -0.4 is 10.1 Å². The molecule has 1 aliphatic carbocycles. The van der Waals surface area contributed by atoms with E-state index in [1.54, 1.807) is 42.3 Å². The third kappa shape index (κ3) is 2.30. The summed E-state index contributed by atoms with van der Waals surface area (Å²) in [5.41, 5.74) is 1.59. The highest BCUT2D eigenvalue weighted by atomic mass is 35.5. The number of aromatic nitrogens is 3. The van der Waals surface area contributed by atoms with Crippen LogP contribution in [0.4, 0.5) is 5.69 Å². The summed E-state index contributed by atoms with van der Waals surface area (Å²) >= 11 is 6.08. The van der Waals surface area contributed by atoms with E-state index in [9.17, 15) is 4.79 Å². The number of hydrogen-bond donors (Lipinski definition) is 1. The van der Waals surface area contributed by atoms with Gasteiger partial charge in [-0.25, -0.2) is 9.50 Å². The van der Waals surface area contributed by atoms with Crippen molar-refractivity contribution >= 4 is 28.8 Å². The second-order valence-electron chi connectivity index (χ2n) is 5.83. The van der Waals surface area contributed by atoms with Crippen LogP contribution in [0.2, 0.25) is 5.02 Å². The van der Waals surface area contributed by atoms with E-state index in [0.717, 1.165) is 18.4 Å². The molecule has 0 radical (unpaired) electrons. The van der Waals surface area contributed by atoms with Gasteiger partial charge < -0.3 is 10.1 Å². The Morgan fingerprint density at radius 2 is 2.25 bits per heavy atom. The summed E-state index contributed by atoms with van der Waals surface area (Å²) in [5.74, 6) is 0.512. The molecule has 7 heteroatoms. The van der Waals surface area contributed by atoms with Gasteiger partial charge in [-0.1, -0.05) is 17.7 Å². The molecule has 0 aliphatic heterocycles. The number of hydrogen-bond acceptors (Lipinski definition) is 4. The van der Waals surface area contributed by atoms with Gasteiger partial charge in [-0.15, -0.1) is 0 Å². The van der Waals surface area contributed by atoms with Gasteiger partial charge >= 0.3 is 0 Å². The van der Waals surface area contributed by atoms with Crippen molar-refractivity contribution in [2.45, 2.75) is 18.3 Å². The Morgan fingerprint density at radius 3 is 3.00 bits per heavy atom. The number of anilines is 1. The minimum atomic E-state index is -0.541. The van der Waals surface area contributed by atoms with Gasteiger partial charge in [-0.2, -0.15) is 5.10 Å². The molecule has 1 aromatic carbocycles. The number of halogens is 1. The minimum Gasteiger partial charge on any atom is -0.495 e. The van der Waals surface area contributed by atoms with Gasteiger partial charge in [0, 0.05) is 12.4 Å². The monoisotopic (exact) mass is 342 g/mol. The first-order valence-electron chi connectivity index (χ1n) is 7.58. The topological polar surface area (TPSA) is 68.5 Å². The van der Waals surface area contributed by atoms with Crippen LogP contribution in [0.25, 0.3) is 5.65 Å². The van der Waals surface area contributed by atoms with E-state index >= 15 is 0 Å². The number of carbonyl (C=O) groups excluding carboxylic acids is 1. The van der Waals surface area contributed by atoms with Crippen LogP contribution in [0.5, 0.6) is 5.75 Å². The molecule has 1 amide bonds. The highest BCUT2D eigenvalue weighted by Crippen LogP contribution is 2.50. The highest BCUT2D eigenvalue weighted by Gasteiger charge is 2.51. The molecule has 2 heterocycles. The lowest BCUT2D eigenvalue weighted by Crippen LogP contribution is -2.27. The zero-order valence-electron chi connectivity index (χ0n) is 13.0. The van der Waals surface area contributed by atoms with Crippen LogP contribution in [0.15, 0.2) is 42.9 Å². The van der Waals surface area contributed by atoms with Crippen molar-refractivity contribution in [2.75, 3.05) is 12.4 Å². The lowest BCUT2D eigenvalue weighted by molar-refractivity contribution is -0.118. The first kappa shape index (κ1) is 15.0. The Morgan fingerprint density at radius 1 is 1.42 bits per heavy atom. The summed E-state index contributed by atoms with van der Waals surface area (Å²) in [7, 11) is 1.56. The van der Waals surface area contributed by atoms with Gasteiger partial charge in [0.1, 0.15) is 11.4 Å². The summed E-state index contributed by atoms with van der Waals surface area (Å²) in [6.07, 6.45) is 6.64. The van der Waals surface area contributed by atoms with Gasteiger partial charge in [0.2, 0.25) is 5.91 Å². The van der Waals surface area contributed by atoms with Crippen molar-refractivity contribution in [1.82, 2.24) is 14.6 Å². The Hall–Kier alpha value is -2.60. The molecule has 1 fully saturated rings. The zero-order chi connectivity index (χ0) is 16.7. The van der Waals surface area contributed by atoms with Crippen molar-refractivity contribution < 1.29 is 9.53 Å². The molecular formula is C17H15ClN4O2. The minimum absolute atomic E-state index is 0.0626. The summed E-state index contributed by atoms with van der Waals surface area (Å²) in [6, 6.07) is 7.27. The predicted octanol–water partition coefficient (Wildman–Crippen LogP) is 3.06. The standard InChI is InChI=1S/C17H15ClN4O2/c1-24-14-9-11(3-4-12(14)18)17(5-6-17)16(23)21-13-10-20-22-8-2-7-19-15(13)22/h2-4,7-10H,5-6H2,1H3,(H,21,23). The van der Waals surface area contributed by atoms with Crippen LogP contribution in [0.3, 0.4) is 0 Å². The van der Waals surface area contributed by atoms with E-state index in [2.05, 4.69) is 15.4 Å². The number of ether oxygens (including phenoxy) is 1. The maximum Gasteiger partial charge on any atom is 0.235 e. The first-order chi connectivity index (χ1) is 11.6. The molecule has 2 aromatic heterocycles. The maximum absolute atomic E-state index is 12.9. The maximum atomic E-state index is 12.9. The Bertz CT molecular complexity index is 933.